The largest absolute Gasteiger partial charge is 0.386 e. The molecule has 2 aromatic carbocycles. The van der Waals surface area contributed by atoms with Crippen LogP contribution in [-0.2, 0) is 4.74 Å². The van der Waals surface area contributed by atoms with E-state index in [2.05, 4.69) is 0 Å². The van der Waals surface area contributed by atoms with Gasteiger partial charge in [0.05, 0.1) is 11.1 Å². The summed E-state index contributed by atoms with van der Waals surface area (Å²) in [5.41, 5.74) is 2.99. The van der Waals surface area contributed by atoms with Crippen molar-refractivity contribution in [2.75, 3.05) is 0 Å². The molecular formula is C14H10O3. The maximum absolute atomic E-state index is 11.7. The minimum absolute atomic E-state index is 0.472. The molecule has 0 N–H and O–H groups in total. The Morgan fingerprint density at radius 3 is 2.41 bits per heavy atom. The van der Waals surface area contributed by atoms with E-state index in [-0.39, 0.29) is 0 Å². The molecule has 1 heterocycles. The molecular weight excluding hydrogens is 216 g/mol. The highest BCUT2D eigenvalue weighted by atomic mass is 16.6. The Bertz CT molecular complexity index is 683. The van der Waals surface area contributed by atoms with Crippen molar-refractivity contribution in [3.05, 3.63) is 46.5 Å². The summed E-state index contributed by atoms with van der Waals surface area (Å²) in [4.78, 5) is 23.3. The fourth-order valence-electron chi connectivity index (χ4n) is 2.29. The van der Waals surface area contributed by atoms with Crippen molar-refractivity contribution in [2.24, 2.45) is 0 Å². The number of ether oxygens (including phenoxy) is 1. The fraction of sp³-hybridized carbons (Fsp3) is 0.143. The Balaban J connectivity index is 2.58. The zero-order valence-corrected chi connectivity index (χ0v) is 9.53. The predicted molar refractivity (Wildman–Crippen MR) is 63.2 cm³/mol. The van der Waals surface area contributed by atoms with E-state index in [1.807, 2.05) is 26.0 Å². The van der Waals surface area contributed by atoms with Gasteiger partial charge in [0, 0.05) is 5.39 Å². The minimum Gasteiger partial charge on any atom is -0.386 e. The molecule has 2 aromatic rings. The van der Waals surface area contributed by atoms with Crippen LogP contribution in [0.3, 0.4) is 0 Å². The summed E-state index contributed by atoms with van der Waals surface area (Å²) in [7, 11) is 0. The van der Waals surface area contributed by atoms with Gasteiger partial charge in [-0.3, -0.25) is 0 Å². The molecule has 0 saturated carbocycles. The van der Waals surface area contributed by atoms with E-state index in [0.29, 0.717) is 11.1 Å². The number of aryl methyl sites for hydroxylation is 2. The predicted octanol–water partition coefficient (Wildman–Crippen LogP) is 2.77. The first-order valence-electron chi connectivity index (χ1n) is 5.38. The van der Waals surface area contributed by atoms with E-state index in [4.69, 9.17) is 4.74 Å². The molecule has 3 rings (SSSR count). The van der Waals surface area contributed by atoms with E-state index < -0.39 is 11.9 Å². The van der Waals surface area contributed by atoms with Crippen LogP contribution in [0.2, 0.25) is 0 Å². The number of cyclic esters (lactones) is 2. The van der Waals surface area contributed by atoms with Crippen molar-refractivity contribution in [3.63, 3.8) is 0 Å². The van der Waals surface area contributed by atoms with Crippen molar-refractivity contribution in [2.45, 2.75) is 13.8 Å². The van der Waals surface area contributed by atoms with E-state index >= 15 is 0 Å². The lowest BCUT2D eigenvalue weighted by Gasteiger charge is -2.17. The Hall–Kier alpha value is -2.16. The van der Waals surface area contributed by atoms with Crippen LogP contribution in [0.15, 0.2) is 24.3 Å². The van der Waals surface area contributed by atoms with Gasteiger partial charge in [-0.2, -0.15) is 0 Å². The maximum atomic E-state index is 11.7. The van der Waals surface area contributed by atoms with Gasteiger partial charge in [-0.1, -0.05) is 12.1 Å². The first-order valence-corrected chi connectivity index (χ1v) is 5.38. The van der Waals surface area contributed by atoms with Crippen molar-refractivity contribution in [1.29, 1.82) is 0 Å². The van der Waals surface area contributed by atoms with Crippen molar-refractivity contribution >= 4 is 22.7 Å². The van der Waals surface area contributed by atoms with Crippen LogP contribution in [-0.4, -0.2) is 11.9 Å². The van der Waals surface area contributed by atoms with Crippen LogP contribution in [0, 0.1) is 13.8 Å². The summed E-state index contributed by atoms with van der Waals surface area (Å²) in [6.07, 6.45) is 0. The van der Waals surface area contributed by atoms with Crippen LogP contribution in [0.25, 0.3) is 10.8 Å². The number of carbonyl (C=O) groups is 2. The Kier molecular flexibility index (Phi) is 1.87. The Labute approximate surface area is 98.0 Å². The molecule has 0 saturated heterocycles. The number of esters is 2. The third-order valence-corrected chi connectivity index (χ3v) is 3.10. The normalized spacial score (nSPS) is 14.0. The third-order valence-electron chi connectivity index (χ3n) is 3.10. The van der Waals surface area contributed by atoms with Crippen molar-refractivity contribution in [1.82, 2.24) is 0 Å². The number of hydrogen-bond acceptors (Lipinski definition) is 3. The Morgan fingerprint density at radius 2 is 1.65 bits per heavy atom. The third kappa shape index (κ3) is 1.29. The second-order valence-electron chi connectivity index (χ2n) is 4.34. The summed E-state index contributed by atoms with van der Waals surface area (Å²) >= 11 is 0. The maximum Gasteiger partial charge on any atom is 0.346 e. The van der Waals surface area contributed by atoms with Crippen LogP contribution in [0.5, 0.6) is 0 Å². The van der Waals surface area contributed by atoms with E-state index in [1.165, 1.54) is 0 Å². The zero-order chi connectivity index (χ0) is 12.2. The summed E-state index contributed by atoms with van der Waals surface area (Å²) < 4.78 is 4.72. The van der Waals surface area contributed by atoms with Gasteiger partial charge in [0.25, 0.3) is 0 Å². The molecule has 0 aromatic heterocycles. The summed E-state index contributed by atoms with van der Waals surface area (Å²) in [5, 5.41) is 1.67. The lowest BCUT2D eigenvalue weighted by Crippen LogP contribution is -2.19. The summed E-state index contributed by atoms with van der Waals surface area (Å²) in [6.45, 7) is 3.89. The molecule has 3 heteroatoms. The van der Waals surface area contributed by atoms with Crippen LogP contribution in [0.1, 0.15) is 31.8 Å². The number of rotatable bonds is 0. The van der Waals surface area contributed by atoms with Crippen LogP contribution >= 0.6 is 0 Å². The Morgan fingerprint density at radius 1 is 0.941 bits per heavy atom. The topological polar surface area (TPSA) is 43.4 Å². The highest BCUT2D eigenvalue weighted by Crippen LogP contribution is 2.31. The first kappa shape index (κ1) is 10.0. The van der Waals surface area contributed by atoms with Crippen molar-refractivity contribution < 1.29 is 14.3 Å². The molecule has 1 aliphatic rings. The minimum atomic E-state index is -0.559. The molecule has 0 fully saturated rings. The van der Waals surface area contributed by atoms with Crippen LogP contribution in [0.4, 0.5) is 0 Å². The monoisotopic (exact) mass is 226 g/mol. The van der Waals surface area contributed by atoms with Gasteiger partial charge in [-0.15, -0.1) is 0 Å². The molecule has 84 valence electrons. The second-order valence-corrected chi connectivity index (χ2v) is 4.34. The molecule has 0 aliphatic carbocycles. The SMILES string of the molecule is Cc1cc2c3c(ccc(C)c3c1)C(=O)OC2=O. The molecule has 1 aliphatic heterocycles. The van der Waals surface area contributed by atoms with E-state index in [0.717, 1.165) is 21.9 Å². The molecule has 0 atom stereocenters. The van der Waals surface area contributed by atoms with Gasteiger partial charge in [0.15, 0.2) is 0 Å². The fourth-order valence-corrected chi connectivity index (χ4v) is 2.29. The number of hydrogen-bond donors (Lipinski definition) is 0. The average molecular weight is 226 g/mol. The quantitative estimate of drug-likeness (QED) is 0.512. The van der Waals surface area contributed by atoms with Gasteiger partial charge in [-0.25, -0.2) is 9.59 Å². The lowest BCUT2D eigenvalue weighted by atomic mass is 9.93. The van der Waals surface area contributed by atoms with Gasteiger partial charge >= 0.3 is 11.9 Å². The highest BCUT2D eigenvalue weighted by Gasteiger charge is 2.27. The molecule has 0 unspecified atom stereocenters. The van der Waals surface area contributed by atoms with E-state index in [9.17, 15) is 9.59 Å². The smallest absolute Gasteiger partial charge is 0.346 e. The molecule has 17 heavy (non-hydrogen) atoms. The molecule has 0 bridgehead atoms. The standard InChI is InChI=1S/C14H10O3/c1-7-5-10-8(2)3-4-9-12(10)11(6-7)14(16)17-13(9)15/h3-6H,1-2H3. The van der Waals surface area contributed by atoms with E-state index in [1.54, 1.807) is 12.1 Å². The first-order chi connectivity index (χ1) is 8.08. The van der Waals surface area contributed by atoms with Gasteiger partial charge in [0.2, 0.25) is 0 Å². The molecule has 0 amide bonds. The molecule has 0 radical (unpaired) electrons. The number of benzene rings is 2. The van der Waals surface area contributed by atoms with Crippen molar-refractivity contribution in [3.8, 4) is 0 Å². The average Bonchev–Trinajstić information content (AvgIpc) is 2.27. The van der Waals surface area contributed by atoms with Crippen LogP contribution < -0.4 is 0 Å². The van der Waals surface area contributed by atoms with Gasteiger partial charge in [-0.05, 0) is 42.5 Å². The lowest BCUT2D eigenvalue weighted by molar-refractivity contribution is 0.0391. The summed E-state index contributed by atoms with van der Waals surface area (Å²) in [5.74, 6) is -1.11. The molecule has 3 nitrogen and oxygen atoms in total. The zero-order valence-electron chi connectivity index (χ0n) is 9.53. The summed E-state index contributed by atoms with van der Waals surface area (Å²) in [6, 6.07) is 7.34. The molecule has 0 spiro atoms. The number of carbonyl (C=O) groups excluding carboxylic acids is 2. The second kappa shape index (κ2) is 3.17. The highest BCUT2D eigenvalue weighted by molar-refractivity contribution is 6.21. The van der Waals surface area contributed by atoms with Gasteiger partial charge in [0.1, 0.15) is 0 Å². The van der Waals surface area contributed by atoms with Gasteiger partial charge < -0.3 is 4.74 Å².